The molecule has 5 nitrogen and oxygen atoms in total. The van der Waals surface area contributed by atoms with Crippen LogP contribution in [0.5, 0.6) is 0 Å². The van der Waals surface area contributed by atoms with E-state index in [1.807, 2.05) is 0 Å². The van der Waals surface area contributed by atoms with Crippen LogP contribution in [-0.2, 0) is 23.9 Å². The maximum absolute atomic E-state index is 14.1. The Morgan fingerprint density at radius 3 is 2.31 bits per heavy atom. The summed E-state index contributed by atoms with van der Waals surface area (Å²) in [4.78, 5) is 38.1. The maximum Gasteiger partial charge on any atom is 0.303 e. The molecular formula is C31H50O5. The summed E-state index contributed by atoms with van der Waals surface area (Å²) in [5.74, 6) is 2.84. The fourth-order valence-corrected chi connectivity index (χ4v) is 9.80. The summed E-state index contributed by atoms with van der Waals surface area (Å²) >= 11 is 0. The van der Waals surface area contributed by atoms with Crippen molar-refractivity contribution in [2.75, 3.05) is 0 Å². The highest BCUT2D eigenvalue weighted by Gasteiger charge is 2.70. The molecule has 0 aromatic heterocycles. The van der Waals surface area contributed by atoms with Gasteiger partial charge in [0.1, 0.15) is 6.10 Å². The molecule has 0 heterocycles. The second-order valence-electron chi connectivity index (χ2n) is 13.8. The SMILES string of the molecule is CC(=O)O[C@H]1CC[C@]2(C)[C@@H]3CC[C@@]4(C)[C@H](CC[C@@H]4[C@H](C)CCCC(C)C)[C@H]3CC(=O)[C@@]2(OC(C)=O)C1. The van der Waals surface area contributed by atoms with Crippen LogP contribution in [0.25, 0.3) is 0 Å². The molecule has 0 aromatic carbocycles. The van der Waals surface area contributed by atoms with E-state index in [1.54, 1.807) is 0 Å². The Labute approximate surface area is 218 Å². The lowest BCUT2D eigenvalue weighted by atomic mass is 9.42. The molecule has 5 heteroatoms. The Bertz CT molecular complexity index is 865. The molecule has 9 atom stereocenters. The Hall–Kier alpha value is -1.39. The van der Waals surface area contributed by atoms with Gasteiger partial charge in [-0.2, -0.15) is 0 Å². The molecule has 36 heavy (non-hydrogen) atoms. The first-order chi connectivity index (χ1) is 16.8. The number of Topliss-reactive ketones (excluding diaryl/α,β-unsaturated/α-hetero) is 1. The fourth-order valence-electron chi connectivity index (χ4n) is 9.80. The largest absolute Gasteiger partial charge is 0.462 e. The van der Waals surface area contributed by atoms with Crippen molar-refractivity contribution in [3.05, 3.63) is 0 Å². The quantitative estimate of drug-likeness (QED) is 0.354. The zero-order valence-corrected chi connectivity index (χ0v) is 23.9. The van der Waals surface area contributed by atoms with Crippen LogP contribution in [0.15, 0.2) is 0 Å². The lowest BCUT2D eigenvalue weighted by Gasteiger charge is -2.63. The van der Waals surface area contributed by atoms with Crippen LogP contribution < -0.4 is 0 Å². The highest BCUT2D eigenvalue weighted by Crippen LogP contribution is 2.69. The van der Waals surface area contributed by atoms with Gasteiger partial charge in [-0.25, -0.2) is 0 Å². The minimum Gasteiger partial charge on any atom is -0.462 e. The number of ether oxygens (including phenoxy) is 2. The highest BCUT2D eigenvalue weighted by molar-refractivity contribution is 5.92. The minimum absolute atomic E-state index is 0.0657. The van der Waals surface area contributed by atoms with Crippen molar-refractivity contribution in [2.24, 2.45) is 46.3 Å². The van der Waals surface area contributed by atoms with Gasteiger partial charge in [-0.15, -0.1) is 0 Å². The molecule has 4 aliphatic carbocycles. The third-order valence-electron chi connectivity index (χ3n) is 11.4. The molecule has 204 valence electrons. The molecule has 4 rings (SSSR count). The van der Waals surface area contributed by atoms with Crippen LogP contribution in [0.4, 0.5) is 0 Å². The molecular weight excluding hydrogens is 452 g/mol. The van der Waals surface area contributed by atoms with E-state index in [0.29, 0.717) is 36.0 Å². The van der Waals surface area contributed by atoms with Crippen molar-refractivity contribution in [3.8, 4) is 0 Å². The lowest BCUT2D eigenvalue weighted by Crippen LogP contribution is -2.68. The summed E-state index contributed by atoms with van der Waals surface area (Å²) < 4.78 is 11.6. The van der Waals surface area contributed by atoms with Crippen LogP contribution in [0.2, 0.25) is 0 Å². The fraction of sp³-hybridized carbons (Fsp3) is 0.903. The van der Waals surface area contributed by atoms with Gasteiger partial charge in [0, 0.05) is 32.1 Å². The molecule has 0 aliphatic heterocycles. The topological polar surface area (TPSA) is 69.7 Å². The smallest absolute Gasteiger partial charge is 0.303 e. The summed E-state index contributed by atoms with van der Waals surface area (Å²) in [6, 6.07) is 0. The van der Waals surface area contributed by atoms with Crippen LogP contribution in [0, 0.1) is 46.3 Å². The Morgan fingerprint density at radius 1 is 0.944 bits per heavy atom. The summed E-state index contributed by atoms with van der Waals surface area (Å²) in [6.45, 7) is 14.7. The first-order valence-corrected chi connectivity index (χ1v) is 14.7. The zero-order valence-electron chi connectivity index (χ0n) is 23.9. The monoisotopic (exact) mass is 502 g/mol. The highest BCUT2D eigenvalue weighted by atomic mass is 16.6. The van der Waals surface area contributed by atoms with E-state index in [9.17, 15) is 14.4 Å². The predicted molar refractivity (Wildman–Crippen MR) is 140 cm³/mol. The molecule has 0 amide bonds. The zero-order chi connectivity index (χ0) is 26.5. The molecule has 0 saturated heterocycles. The number of hydrogen-bond acceptors (Lipinski definition) is 5. The number of fused-ring (bicyclic) bond motifs is 5. The second-order valence-corrected chi connectivity index (χ2v) is 13.8. The van der Waals surface area contributed by atoms with Crippen molar-refractivity contribution in [2.45, 2.75) is 131 Å². The third kappa shape index (κ3) is 4.55. The van der Waals surface area contributed by atoms with Gasteiger partial charge >= 0.3 is 11.9 Å². The van der Waals surface area contributed by atoms with Gasteiger partial charge in [0.05, 0.1) is 0 Å². The first-order valence-electron chi connectivity index (χ1n) is 14.7. The van der Waals surface area contributed by atoms with Gasteiger partial charge in [-0.3, -0.25) is 14.4 Å². The van der Waals surface area contributed by atoms with Gasteiger partial charge in [0.2, 0.25) is 0 Å². The summed E-state index contributed by atoms with van der Waals surface area (Å²) in [7, 11) is 0. The predicted octanol–water partition coefficient (Wildman–Crippen LogP) is 6.90. The third-order valence-corrected chi connectivity index (χ3v) is 11.4. The van der Waals surface area contributed by atoms with E-state index in [4.69, 9.17) is 9.47 Å². The van der Waals surface area contributed by atoms with E-state index >= 15 is 0 Å². The molecule has 0 bridgehead atoms. The molecule has 0 spiro atoms. The van der Waals surface area contributed by atoms with E-state index in [0.717, 1.165) is 37.0 Å². The number of hydrogen-bond donors (Lipinski definition) is 0. The Kier molecular flexibility index (Phi) is 7.72. The average molecular weight is 503 g/mol. The summed E-state index contributed by atoms with van der Waals surface area (Å²) in [6.07, 6.45) is 10.6. The molecule has 4 aliphatic rings. The van der Waals surface area contributed by atoms with Crippen LogP contribution in [0.1, 0.15) is 119 Å². The van der Waals surface area contributed by atoms with Crippen molar-refractivity contribution < 1.29 is 23.9 Å². The van der Waals surface area contributed by atoms with Crippen molar-refractivity contribution in [1.82, 2.24) is 0 Å². The average Bonchev–Trinajstić information content (AvgIpc) is 3.12. The van der Waals surface area contributed by atoms with E-state index in [1.165, 1.54) is 52.4 Å². The molecule has 4 fully saturated rings. The summed E-state index contributed by atoms with van der Waals surface area (Å²) in [5.41, 5.74) is -1.28. The summed E-state index contributed by atoms with van der Waals surface area (Å²) in [5, 5.41) is 0. The van der Waals surface area contributed by atoms with E-state index in [2.05, 4.69) is 34.6 Å². The molecule has 4 saturated carbocycles. The molecule has 0 unspecified atom stereocenters. The van der Waals surface area contributed by atoms with Gasteiger partial charge < -0.3 is 9.47 Å². The Morgan fingerprint density at radius 2 is 1.67 bits per heavy atom. The normalized spacial score (nSPS) is 42.8. The van der Waals surface area contributed by atoms with Crippen LogP contribution >= 0.6 is 0 Å². The Balaban J connectivity index is 1.59. The number of carbonyl (C=O) groups excluding carboxylic acids is 3. The van der Waals surface area contributed by atoms with Crippen molar-refractivity contribution in [3.63, 3.8) is 0 Å². The molecule has 0 radical (unpaired) electrons. The van der Waals surface area contributed by atoms with Crippen molar-refractivity contribution >= 4 is 17.7 Å². The van der Waals surface area contributed by atoms with Gasteiger partial charge in [-0.1, -0.05) is 53.9 Å². The first kappa shape index (κ1) is 27.6. The lowest BCUT2D eigenvalue weighted by molar-refractivity contribution is -0.230. The van der Waals surface area contributed by atoms with E-state index < -0.39 is 17.0 Å². The van der Waals surface area contributed by atoms with Gasteiger partial charge in [0.25, 0.3) is 0 Å². The van der Waals surface area contributed by atoms with Crippen molar-refractivity contribution in [1.29, 1.82) is 0 Å². The van der Waals surface area contributed by atoms with Gasteiger partial charge in [0.15, 0.2) is 11.4 Å². The number of ketones is 1. The number of carbonyl (C=O) groups is 3. The van der Waals surface area contributed by atoms with Crippen LogP contribution in [-0.4, -0.2) is 29.4 Å². The number of rotatable bonds is 7. The van der Waals surface area contributed by atoms with Crippen LogP contribution in [0.3, 0.4) is 0 Å². The molecule has 0 aromatic rings. The maximum atomic E-state index is 14.1. The van der Waals surface area contributed by atoms with Gasteiger partial charge in [-0.05, 0) is 79.4 Å². The number of esters is 2. The second kappa shape index (κ2) is 10.1. The molecule has 0 N–H and O–H groups in total. The standard InChI is InChI=1S/C31H50O5/c1-19(2)9-8-10-20(3)25-11-12-26-24-17-28(34)31(36-22(5)33)18-23(35-21(4)32)13-16-30(31,7)27(24)14-15-29(25,26)6/h19-20,23-27H,8-18H2,1-7H3/t20-,23+,24-,25-,26-,27-,29-,30-,31+/m1/s1. The minimum atomic E-state index is -1.17. The van der Waals surface area contributed by atoms with E-state index in [-0.39, 0.29) is 17.9 Å².